The van der Waals surface area contributed by atoms with E-state index in [1.54, 1.807) is 79.4 Å². The quantitative estimate of drug-likeness (QED) is 0.244. The summed E-state index contributed by atoms with van der Waals surface area (Å²) in [5, 5.41) is 11.4. The Morgan fingerprint density at radius 2 is 1.48 bits per heavy atom. The number of ether oxygens (including phenoxy) is 3. The summed E-state index contributed by atoms with van der Waals surface area (Å²) < 4.78 is 17.6. The van der Waals surface area contributed by atoms with Gasteiger partial charge in [0.1, 0.15) is 35.4 Å². The number of nitrogens with one attached hydrogen (secondary N) is 1. The lowest BCUT2D eigenvalue weighted by Crippen LogP contribution is -2.42. The van der Waals surface area contributed by atoms with Crippen LogP contribution >= 0.6 is 0 Å². The van der Waals surface area contributed by atoms with E-state index in [1.807, 2.05) is 48.5 Å². The first-order chi connectivity index (χ1) is 20.5. The highest BCUT2D eigenvalue weighted by Gasteiger charge is 2.32. The minimum Gasteiger partial charge on any atom is -0.497 e. The van der Waals surface area contributed by atoms with Crippen molar-refractivity contribution in [3.63, 3.8) is 0 Å². The van der Waals surface area contributed by atoms with E-state index in [9.17, 15) is 9.59 Å². The van der Waals surface area contributed by atoms with E-state index in [0.29, 0.717) is 34.0 Å². The van der Waals surface area contributed by atoms with E-state index >= 15 is 0 Å². The molecule has 1 atom stereocenters. The number of anilines is 1. The molecule has 0 saturated heterocycles. The summed E-state index contributed by atoms with van der Waals surface area (Å²) in [6, 6.07) is 27.9. The highest BCUT2D eigenvalue weighted by atomic mass is 16.5. The third kappa shape index (κ3) is 6.33. The molecule has 0 radical (unpaired) electrons. The first kappa shape index (κ1) is 28.2. The van der Waals surface area contributed by atoms with Crippen molar-refractivity contribution in [2.24, 2.45) is 0 Å². The van der Waals surface area contributed by atoms with Crippen molar-refractivity contribution in [2.75, 3.05) is 26.6 Å². The lowest BCUT2D eigenvalue weighted by molar-refractivity contribution is -0.140. The highest BCUT2D eigenvalue weighted by molar-refractivity contribution is 5.98. The van der Waals surface area contributed by atoms with Crippen molar-refractivity contribution in [1.29, 1.82) is 0 Å². The molecule has 0 aliphatic heterocycles. The molecule has 214 valence electrons. The lowest BCUT2D eigenvalue weighted by Gasteiger charge is -2.32. The Bertz CT molecular complexity index is 1670. The smallest absolute Gasteiger partial charge is 0.251 e. The van der Waals surface area contributed by atoms with E-state index in [-0.39, 0.29) is 19.0 Å². The average Bonchev–Trinajstić information content (AvgIpc) is 3.44. The van der Waals surface area contributed by atoms with Crippen LogP contribution in [0.3, 0.4) is 0 Å². The Labute approximate surface area is 243 Å². The fourth-order valence-corrected chi connectivity index (χ4v) is 4.67. The number of hydrogen-bond acceptors (Lipinski definition) is 7. The van der Waals surface area contributed by atoms with Gasteiger partial charge in [-0.1, -0.05) is 41.6 Å². The molecule has 4 aromatic carbocycles. The van der Waals surface area contributed by atoms with Crippen LogP contribution in [0.1, 0.15) is 17.2 Å². The van der Waals surface area contributed by atoms with Crippen molar-refractivity contribution >= 4 is 28.5 Å². The monoisotopic (exact) mass is 565 g/mol. The molecule has 0 saturated carbocycles. The lowest BCUT2D eigenvalue weighted by atomic mass is 10.0. The normalized spacial score (nSPS) is 11.5. The summed E-state index contributed by atoms with van der Waals surface area (Å²) in [4.78, 5) is 29.8. The average molecular weight is 566 g/mol. The zero-order valence-electron chi connectivity index (χ0n) is 23.6. The van der Waals surface area contributed by atoms with Crippen LogP contribution in [-0.4, -0.2) is 53.0 Å². The molecular formula is C32H31N5O5. The second-order valence-electron chi connectivity index (χ2n) is 9.50. The van der Waals surface area contributed by atoms with Crippen LogP contribution in [0.15, 0.2) is 97.1 Å². The van der Waals surface area contributed by atoms with Gasteiger partial charge < -0.3 is 24.4 Å². The Morgan fingerprint density at radius 1 is 0.810 bits per heavy atom. The van der Waals surface area contributed by atoms with Gasteiger partial charge in [-0.25, -0.2) is 4.68 Å². The van der Waals surface area contributed by atoms with Gasteiger partial charge in [-0.3, -0.25) is 9.59 Å². The number of methoxy groups -OCH3 is 3. The van der Waals surface area contributed by atoms with Gasteiger partial charge in [0.25, 0.3) is 5.91 Å². The zero-order valence-corrected chi connectivity index (χ0v) is 23.6. The van der Waals surface area contributed by atoms with Gasteiger partial charge in [0.05, 0.1) is 26.8 Å². The topological polar surface area (TPSA) is 108 Å². The molecule has 42 heavy (non-hydrogen) atoms. The van der Waals surface area contributed by atoms with Gasteiger partial charge in [-0.2, -0.15) is 0 Å². The Balaban J connectivity index is 1.55. The van der Waals surface area contributed by atoms with Gasteiger partial charge in [0, 0.05) is 12.2 Å². The van der Waals surface area contributed by atoms with Crippen LogP contribution in [-0.2, 0) is 22.7 Å². The summed E-state index contributed by atoms with van der Waals surface area (Å²) in [7, 11) is 4.73. The number of rotatable bonds is 11. The van der Waals surface area contributed by atoms with Crippen LogP contribution in [0.5, 0.6) is 17.2 Å². The maximum absolute atomic E-state index is 14.2. The van der Waals surface area contributed by atoms with E-state index in [0.717, 1.165) is 11.1 Å². The van der Waals surface area contributed by atoms with Gasteiger partial charge in [0.15, 0.2) is 0 Å². The first-order valence-corrected chi connectivity index (χ1v) is 13.3. The fraction of sp³-hybridized carbons (Fsp3) is 0.188. The van der Waals surface area contributed by atoms with Crippen LogP contribution in [0.2, 0.25) is 0 Å². The van der Waals surface area contributed by atoms with Gasteiger partial charge in [-0.15, -0.1) is 5.10 Å². The number of benzene rings is 4. The summed E-state index contributed by atoms with van der Waals surface area (Å²) in [6.45, 7) is 0.0281. The molecule has 0 spiro atoms. The standard InChI is InChI=1S/C32H31N5O5/c1-40-25-15-11-22(12-16-25)20-36(30(38)21-37-29-10-5-4-9-28(29)34-35-37)31(23-7-6-8-27(19-23)42-3)32(39)33-24-13-17-26(41-2)18-14-24/h4-19,31H,20-21H2,1-3H3,(H,33,39). The number of para-hydroxylation sites is 1. The molecule has 1 aromatic heterocycles. The number of amides is 2. The second-order valence-corrected chi connectivity index (χ2v) is 9.50. The summed E-state index contributed by atoms with van der Waals surface area (Å²) in [5.74, 6) is 1.20. The molecule has 0 aliphatic rings. The van der Waals surface area contributed by atoms with Crippen molar-refractivity contribution in [3.8, 4) is 17.2 Å². The molecule has 1 heterocycles. The number of carbonyl (C=O) groups excluding carboxylic acids is 2. The molecule has 10 heteroatoms. The number of carbonyl (C=O) groups is 2. The third-order valence-corrected chi connectivity index (χ3v) is 6.86. The van der Waals surface area contributed by atoms with Crippen LogP contribution in [0.4, 0.5) is 5.69 Å². The molecule has 0 fully saturated rings. The van der Waals surface area contributed by atoms with E-state index in [2.05, 4.69) is 15.6 Å². The Morgan fingerprint density at radius 3 is 2.17 bits per heavy atom. The van der Waals surface area contributed by atoms with Gasteiger partial charge in [0.2, 0.25) is 5.91 Å². The number of aromatic nitrogens is 3. The zero-order chi connectivity index (χ0) is 29.5. The van der Waals surface area contributed by atoms with Crippen molar-refractivity contribution in [2.45, 2.75) is 19.1 Å². The van der Waals surface area contributed by atoms with E-state index in [1.165, 1.54) is 0 Å². The highest BCUT2D eigenvalue weighted by Crippen LogP contribution is 2.29. The largest absolute Gasteiger partial charge is 0.497 e. The number of nitrogens with zero attached hydrogens (tertiary/aromatic N) is 4. The van der Waals surface area contributed by atoms with Crippen molar-refractivity contribution in [3.05, 3.63) is 108 Å². The predicted molar refractivity (Wildman–Crippen MR) is 158 cm³/mol. The Kier molecular flexibility index (Phi) is 8.62. The molecule has 1 N–H and O–H groups in total. The Hall–Kier alpha value is -5.38. The van der Waals surface area contributed by atoms with Crippen molar-refractivity contribution < 1.29 is 23.8 Å². The van der Waals surface area contributed by atoms with Gasteiger partial charge in [-0.05, 0) is 71.8 Å². The third-order valence-electron chi connectivity index (χ3n) is 6.86. The fourth-order valence-electron chi connectivity index (χ4n) is 4.67. The maximum Gasteiger partial charge on any atom is 0.251 e. The molecule has 5 rings (SSSR count). The predicted octanol–water partition coefficient (Wildman–Crippen LogP) is 4.87. The van der Waals surface area contributed by atoms with Gasteiger partial charge >= 0.3 is 0 Å². The first-order valence-electron chi connectivity index (χ1n) is 13.3. The minimum atomic E-state index is -1.01. The van der Waals surface area contributed by atoms with Crippen LogP contribution < -0.4 is 19.5 Å². The number of hydrogen-bond donors (Lipinski definition) is 1. The number of fused-ring (bicyclic) bond motifs is 1. The summed E-state index contributed by atoms with van der Waals surface area (Å²) >= 11 is 0. The van der Waals surface area contributed by atoms with Crippen LogP contribution in [0.25, 0.3) is 11.0 Å². The SMILES string of the molecule is COc1ccc(CN(C(=O)Cn2nnc3ccccc32)C(C(=O)Nc2ccc(OC)cc2)c2cccc(OC)c2)cc1. The van der Waals surface area contributed by atoms with E-state index in [4.69, 9.17) is 14.2 Å². The molecule has 10 nitrogen and oxygen atoms in total. The molecule has 1 unspecified atom stereocenters. The minimum absolute atomic E-state index is 0.118. The molecule has 0 aliphatic carbocycles. The second kappa shape index (κ2) is 12.9. The molecule has 5 aromatic rings. The molecule has 2 amide bonds. The summed E-state index contributed by atoms with van der Waals surface area (Å²) in [5.41, 5.74) is 3.36. The molecular weight excluding hydrogens is 534 g/mol. The van der Waals surface area contributed by atoms with Crippen LogP contribution in [0, 0.1) is 0 Å². The van der Waals surface area contributed by atoms with E-state index < -0.39 is 11.9 Å². The molecule has 0 bridgehead atoms. The maximum atomic E-state index is 14.2. The summed E-state index contributed by atoms with van der Waals surface area (Å²) in [6.07, 6.45) is 0. The van der Waals surface area contributed by atoms with Crippen molar-refractivity contribution in [1.82, 2.24) is 19.9 Å².